The van der Waals surface area contributed by atoms with Crippen molar-refractivity contribution in [2.24, 2.45) is 5.92 Å². The minimum absolute atomic E-state index is 0.191. The van der Waals surface area contributed by atoms with E-state index in [9.17, 15) is 18.3 Å². The highest BCUT2D eigenvalue weighted by atomic mass is 32.2. The zero-order valence-electron chi connectivity index (χ0n) is 13.4. The van der Waals surface area contributed by atoms with E-state index >= 15 is 0 Å². The van der Waals surface area contributed by atoms with E-state index in [0.29, 0.717) is 19.3 Å². The fraction of sp³-hybridized carbons (Fsp3) is 0.929. The Balaban J connectivity index is 2.73. The van der Waals surface area contributed by atoms with Crippen LogP contribution in [-0.2, 0) is 14.8 Å². The summed E-state index contributed by atoms with van der Waals surface area (Å²) in [7, 11) is -1.83. The van der Waals surface area contributed by atoms with Gasteiger partial charge in [-0.2, -0.15) is 0 Å². The molecule has 0 saturated heterocycles. The highest BCUT2D eigenvalue weighted by molar-refractivity contribution is 7.88. The molecule has 7 heteroatoms. The Morgan fingerprint density at radius 1 is 1.33 bits per heavy atom. The molecule has 0 spiro atoms. The van der Waals surface area contributed by atoms with Gasteiger partial charge in [-0.25, -0.2) is 13.1 Å². The van der Waals surface area contributed by atoms with Gasteiger partial charge in [0.05, 0.1) is 11.9 Å². The number of hydrogen-bond acceptors (Lipinski definition) is 4. The zero-order valence-corrected chi connectivity index (χ0v) is 14.2. The van der Waals surface area contributed by atoms with Crippen molar-refractivity contribution >= 4 is 15.9 Å². The van der Waals surface area contributed by atoms with E-state index in [2.05, 4.69) is 4.72 Å². The molecule has 0 radical (unpaired) electrons. The van der Waals surface area contributed by atoms with Crippen LogP contribution in [0.25, 0.3) is 0 Å². The molecular weight excluding hydrogens is 292 g/mol. The Labute approximate surface area is 128 Å². The van der Waals surface area contributed by atoms with Crippen molar-refractivity contribution < 1.29 is 18.3 Å². The van der Waals surface area contributed by atoms with Crippen LogP contribution in [0.3, 0.4) is 0 Å². The van der Waals surface area contributed by atoms with Crippen molar-refractivity contribution in [3.05, 3.63) is 0 Å². The molecule has 1 aliphatic carbocycles. The summed E-state index contributed by atoms with van der Waals surface area (Å²) in [4.78, 5) is 13.9. The molecule has 1 rings (SSSR count). The largest absolute Gasteiger partial charge is 0.388 e. The molecule has 1 saturated carbocycles. The lowest BCUT2D eigenvalue weighted by Crippen LogP contribution is -2.51. The van der Waals surface area contributed by atoms with Crippen molar-refractivity contribution in [1.82, 2.24) is 9.62 Å². The SMILES string of the molecule is CC(C)CC(NS(C)(=O)=O)C(=O)N(C)CC1(O)CCCC1. The number of hydrogen-bond donors (Lipinski definition) is 2. The van der Waals surface area contributed by atoms with Crippen LogP contribution in [0.2, 0.25) is 0 Å². The average Bonchev–Trinajstić information content (AvgIpc) is 2.71. The molecule has 2 N–H and O–H groups in total. The molecule has 1 atom stereocenters. The van der Waals surface area contributed by atoms with Crippen LogP contribution in [0.15, 0.2) is 0 Å². The highest BCUT2D eigenvalue weighted by Gasteiger charge is 2.35. The Bertz CT molecular complexity index is 456. The average molecular weight is 320 g/mol. The van der Waals surface area contributed by atoms with Crippen molar-refractivity contribution in [3.8, 4) is 0 Å². The Morgan fingerprint density at radius 2 is 1.86 bits per heavy atom. The van der Waals surface area contributed by atoms with Gasteiger partial charge in [-0.15, -0.1) is 0 Å². The summed E-state index contributed by atoms with van der Waals surface area (Å²) in [6, 6.07) is -0.769. The van der Waals surface area contributed by atoms with Gasteiger partial charge in [-0.3, -0.25) is 4.79 Å². The second kappa shape index (κ2) is 7.07. The van der Waals surface area contributed by atoms with E-state index in [1.807, 2.05) is 13.8 Å². The van der Waals surface area contributed by atoms with E-state index in [0.717, 1.165) is 19.1 Å². The zero-order chi connectivity index (χ0) is 16.3. The molecular formula is C14H28N2O4S. The van der Waals surface area contributed by atoms with Gasteiger partial charge >= 0.3 is 0 Å². The molecule has 6 nitrogen and oxygen atoms in total. The summed E-state index contributed by atoms with van der Waals surface area (Å²) < 4.78 is 25.3. The third-order valence-corrected chi connectivity index (χ3v) is 4.52. The number of nitrogens with one attached hydrogen (secondary N) is 1. The molecule has 1 aliphatic rings. The first-order chi connectivity index (χ1) is 9.52. The highest BCUT2D eigenvalue weighted by Crippen LogP contribution is 2.30. The van der Waals surface area contributed by atoms with E-state index in [-0.39, 0.29) is 18.4 Å². The van der Waals surface area contributed by atoms with Crippen molar-refractivity contribution in [2.75, 3.05) is 19.8 Å². The predicted octanol–water partition coefficient (Wildman–Crippen LogP) is 0.714. The molecule has 21 heavy (non-hydrogen) atoms. The first-order valence-electron chi connectivity index (χ1n) is 7.47. The summed E-state index contributed by atoms with van der Waals surface area (Å²) in [5, 5.41) is 10.4. The molecule has 0 heterocycles. The van der Waals surface area contributed by atoms with Gasteiger partial charge in [0.1, 0.15) is 6.04 Å². The number of amides is 1. The minimum Gasteiger partial charge on any atom is -0.388 e. The summed E-state index contributed by atoms with van der Waals surface area (Å²) in [5.41, 5.74) is -0.822. The third kappa shape index (κ3) is 6.32. The fourth-order valence-corrected chi connectivity index (χ4v) is 3.62. The maximum atomic E-state index is 12.5. The monoisotopic (exact) mass is 320 g/mol. The summed E-state index contributed by atoms with van der Waals surface area (Å²) >= 11 is 0. The molecule has 0 aromatic carbocycles. The number of likely N-dealkylation sites (N-methyl/N-ethyl adjacent to an activating group) is 1. The smallest absolute Gasteiger partial charge is 0.240 e. The molecule has 0 aliphatic heterocycles. The number of carbonyl (C=O) groups is 1. The van der Waals surface area contributed by atoms with Gasteiger partial charge < -0.3 is 10.0 Å². The number of carbonyl (C=O) groups excluding carboxylic acids is 1. The van der Waals surface area contributed by atoms with Crippen LogP contribution >= 0.6 is 0 Å². The predicted molar refractivity (Wildman–Crippen MR) is 82.3 cm³/mol. The van der Waals surface area contributed by atoms with Crippen LogP contribution in [0, 0.1) is 5.92 Å². The quantitative estimate of drug-likeness (QED) is 0.723. The second-order valence-corrected chi connectivity index (χ2v) is 8.48. The van der Waals surface area contributed by atoms with Crippen molar-refractivity contribution in [2.45, 2.75) is 57.6 Å². The van der Waals surface area contributed by atoms with Crippen LogP contribution < -0.4 is 4.72 Å². The van der Waals surface area contributed by atoms with E-state index in [1.165, 1.54) is 4.90 Å². The topological polar surface area (TPSA) is 86.7 Å². The number of rotatable bonds is 7. The molecule has 0 bridgehead atoms. The van der Waals surface area contributed by atoms with Gasteiger partial charge in [-0.05, 0) is 25.2 Å². The number of aliphatic hydroxyl groups is 1. The van der Waals surface area contributed by atoms with E-state index < -0.39 is 21.7 Å². The third-order valence-electron chi connectivity index (χ3n) is 3.80. The molecule has 1 fully saturated rings. The first-order valence-corrected chi connectivity index (χ1v) is 9.36. The lowest BCUT2D eigenvalue weighted by Gasteiger charge is -2.31. The van der Waals surface area contributed by atoms with Gasteiger partial charge in [-0.1, -0.05) is 26.7 Å². The minimum atomic E-state index is -3.45. The lowest BCUT2D eigenvalue weighted by atomic mass is 10.00. The van der Waals surface area contributed by atoms with Gasteiger partial charge in [0, 0.05) is 13.6 Å². The van der Waals surface area contributed by atoms with Gasteiger partial charge in [0.2, 0.25) is 15.9 Å². The van der Waals surface area contributed by atoms with Crippen molar-refractivity contribution in [1.29, 1.82) is 0 Å². The maximum absolute atomic E-state index is 12.5. The van der Waals surface area contributed by atoms with Gasteiger partial charge in [0.15, 0.2) is 0 Å². The van der Waals surface area contributed by atoms with Crippen LogP contribution in [0.1, 0.15) is 46.0 Å². The van der Waals surface area contributed by atoms with E-state index in [1.54, 1.807) is 7.05 Å². The van der Waals surface area contributed by atoms with Gasteiger partial charge in [0.25, 0.3) is 0 Å². The lowest BCUT2D eigenvalue weighted by molar-refractivity contribution is -0.135. The normalized spacial score (nSPS) is 19.7. The summed E-state index contributed by atoms with van der Waals surface area (Å²) in [6.45, 7) is 4.13. The number of nitrogens with zero attached hydrogens (tertiary/aromatic N) is 1. The number of sulfonamides is 1. The molecule has 0 aromatic heterocycles. The van der Waals surface area contributed by atoms with Crippen LogP contribution in [-0.4, -0.2) is 55.8 Å². The molecule has 0 aromatic rings. The molecule has 1 amide bonds. The Morgan fingerprint density at radius 3 is 2.29 bits per heavy atom. The molecule has 124 valence electrons. The van der Waals surface area contributed by atoms with Crippen LogP contribution in [0.4, 0.5) is 0 Å². The molecule has 1 unspecified atom stereocenters. The van der Waals surface area contributed by atoms with Crippen LogP contribution in [0.5, 0.6) is 0 Å². The van der Waals surface area contributed by atoms with E-state index in [4.69, 9.17) is 0 Å². The maximum Gasteiger partial charge on any atom is 0.240 e. The Hall–Kier alpha value is -0.660. The Kier molecular flexibility index (Phi) is 6.19. The summed E-state index contributed by atoms with van der Waals surface area (Å²) in [6.07, 6.45) is 4.82. The second-order valence-electron chi connectivity index (χ2n) is 6.70. The standard InChI is InChI=1S/C14H28N2O4S/c1-11(2)9-12(15-21(4,19)20)13(17)16(3)10-14(18)7-5-6-8-14/h11-12,15,18H,5-10H2,1-4H3. The summed E-state index contributed by atoms with van der Waals surface area (Å²) in [5.74, 6) is -0.0920. The van der Waals surface area contributed by atoms with Crippen molar-refractivity contribution in [3.63, 3.8) is 0 Å². The fourth-order valence-electron chi connectivity index (χ4n) is 2.91. The first kappa shape index (κ1) is 18.4.